The zero-order chi connectivity index (χ0) is 12.3. The summed E-state index contributed by atoms with van der Waals surface area (Å²) in [6, 6.07) is 13.5. The molecule has 0 aliphatic heterocycles. The molecule has 0 saturated carbocycles. The van der Waals surface area contributed by atoms with Crippen LogP contribution in [0.25, 0.3) is 0 Å². The Morgan fingerprint density at radius 1 is 0.941 bits per heavy atom. The number of ether oxygens (including phenoxy) is 2. The van der Waals surface area contributed by atoms with Crippen LogP contribution in [-0.4, -0.2) is 7.11 Å². The number of methoxy groups -OCH3 is 1. The van der Waals surface area contributed by atoms with Gasteiger partial charge < -0.3 is 9.47 Å². The van der Waals surface area contributed by atoms with Gasteiger partial charge in [0, 0.05) is 0 Å². The van der Waals surface area contributed by atoms with Crippen molar-refractivity contribution in [3.05, 3.63) is 50.5 Å². The lowest BCUT2D eigenvalue weighted by Crippen LogP contribution is -1.92. The lowest BCUT2D eigenvalue weighted by molar-refractivity contribution is 0.404. The van der Waals surface area contributed by atoms with Crippen molar-refractivity contribution in [1.29, 1.82) is 0 Å². The molecule has 17 heavy (non-hydrogen) atoms. The standard InChI is InChI=1S/C13H10BrIO2/c1-16-11-7-4-8-12(13(11)15)17-10-6-3-2-5-9(10)14/h2-8H,1H3. The molecule has 0 aromatic heterocycles. The molecule has 0 fully saturated rings. The van der Waals surface area contributed by atoms with Crippen LogP contribution >= 0.6 is 38.5 Å². The van der Waals surface area contributed by atoms with Crippen LogP contribution in [-0.2, 0) is 0 Å². The van der Waals surface area contributed by atoms with Gasteiger partial charge in [0.25, 0.3) is 0 Å². The number of hydrogen-bond acceptors (Lipinski definition) is 2. The van der Waals surface area contributed by atoms with E-state index in [0.29, 0.717) is 0 Å². The monoisotopic (exact) mass is 404 g/mol. The molecule has 0 aliphatic carbocycles. The topological polar surface area (TPSA) is 18.5 Å². The van der Waals surface area contributed by atoms with Crippen LogP contribution in [0, 0.1) is 3.57 Å². The molecule has 2 aromatic carbocycles. The second-order valence-electron chi connectivity index (χ2n) is 3.30. The van der Waals surface area contributed by atoms with Crippen molar-refractivity contribution in [3.8, 4) is 17.2 Å². The molecule has 88 valence electrons. The summed E-state index contributed by atoms with van der Waals surface area (Å²) in [5.74, 6) is 2.39. The minimum atomic E-state index is 0.789. The molecule has 0 radical (unpaired) electrons. The highest BCUT2D eigenvalue weighted by Crippen LogP contribution is 2.35. The minimum absolute atomic E-state index is 0.789. The summed E-state index contributed by atoms with van der Waals surface area (Å²) in [6.07, 6.45) is 0. The Hall–Kier alpha value is -0.750. The van der Waals surface area contributed by atoms with E-state index in [4.69, 9.17) is 9.47 Å². The van der Waals surface area contributed by atoms with Crippen LogP contribution in [0.1, 0.15) is 0 Å². The molecule has 0 unspecified atom stereocenters. The molecule has 0 amide bonds. The Bertz CT molecular complexity index is 529. The number of benzene rings is 2. The van der Waals surface area contributed by atoms with Crippen LogP contribution < -0.4 is 9.47 Å². The highest BCUT2D eigenvalue weighted by molar-refractivity contribution is 14.1. The molecule has 0 heterocycles. The predicted octanol–water partition coefficient (Wildman–Crippen LogP) is 4.85. The van der Waals surface area contributed by atoms with Crippen molar-refractivity contribution < 1.29 is 9.47 Å². The van der Waals surface area contributed by atoms with E-state index in [1.54, 1.807) is 7.11 Å². The first-order valence-corrected chi connectivity index (χ1v) is 6.84. The van der Waals surface area contributed by atoms with Gasteiger partial charge in [0.15, 0.2) is 0 Å². The molecule has 0 aliphatic rings. The zero-order valence-corrected chi connectivity index (χ0v) is 12.9. The van der Waals surface area contributed by atoms with E-state index in [2.05, 4.69) is 38.5 Å². The van der Waals surface area contributed by atoms with Gasteiger partial charge in [0.2, 0.25) is 0 Å². The van der Waals surface area contributed by atoms with E-state index >= 15 is 0 Å². The molecule has 2 rings (SSSR count). The summed E-state index contributed by atoms with van der Waals surface area (Å²) < 4.78 is 13.0. The van der Waals surface area contributed by atoms with E-state index in [1.165, 1.54) is 0 Å². The first-order chi connectivity index (χ1) is 8.22. The van der Waals surface area contributed by atoms with Gasteiger partial charge in [-0.15, -0.1) is 0 Å². The van der Waals surface area contributed by atoms with Gasteiger partial charge in [-0.2, -0.15) is 0 Å². The number of rotatable bonds is 3. The fourth-order valence-electron chi connectivity index (χ4n) is 1.37. The molecule has 2 aromatic rings. The maximum atomic E-state index is 5.85. The van der Waals surface area contributed by atoms with Crippen molar-refractivity contribution >= 4 is 38.5 Å². The third-order valence-corrected chi connectivity index (χ3v) is 3.92. The van der Waals surface area contributed by atoms with Crippen molar-refractivity contribution in [2.75, 3.05) is 7.11 Å². The summed E-state index contributed by atoms with van der Waals surface area (Å²) in [5, 5.41) is 0. The van der Waals surface area contributed by atoms with Crippen LogP contribution in [0.2, 0.25) is 0 Å². The fourth-order valence-corrected chi connectivity index (χ4v) is 2.43. The lowest BCUT2D eigenvalue weighted by atomic mass is 10.3. The third kappa shape index (κ3) is 2.93. The van der Waals surface area contributed by atoms with Gasteiger partial charge in [0.05, 0.1) is 15.2 Å². The van der Waals surface area contributed by atoms with E-state index in [0.717, 1.165) is 25.3 Å². The average molecular weight is 405 g/mol. The van der Waals surface area contributed by atoms with Crippen LogP contribution in [0.15, 0.2) is 46.9 Å². The third-order valence-electron chi connectivity index (χ3n) is 2.20. The van der Waals surface area contributed by atoms with Gasteiger partial charge >= 0.3 is 0 Å². The molecule has 2 nitrogen and oxygen atoms in total. The number of para-hydroxylation sites is 1. The normalized spacial score (nSPS) is 10.1. The molecule has 4 heteroatoms. The molecular formula is C13H10BrIO2. The Balaban J connectivity index is 2.34. The van der Waals surface area contributed by atoms with Crippen molar-refractivity contribution in [1.82, 2.24) is 0 Å². The van der Waals surface area contributed by atoms with E-state index < -0.39 is 0 Å². The average Bonchev–Trinajstić information content (AvgIpc) is 2.34. The predicted molar refractivity (Wildman–Crippen MR) is 79.9 cm³/mol. The molecule has 0 saturated heterocycles. The molecule has 0 N–H and O–H groups in total. The zero-order valence-electron chi connectivity index (χ0n) is 9.11. The Kier molecular flexibility index (Phi) is 4.28. The van der Waals surface area contributed by atoms with Gasteiger partial charge in [-0.25, -0.2) is 0 Å². The smallest absolute Gasteiger partial charge is 0.144 e. The second kappa shape index (κ2) is 5.73. The summed E-state index contributed by atoms with van der Waals surface area (Å²) in [6.45, 7) is 0. The van der Waals surface area contributed by atoms with E-state index in [1.807, 2.05) is 42.5 Å². The highest BCUT2D eigenvalue weighted by atomic mass is 127. The van der Waals surface area contributed by atoms with Crippen molar-refractivity contribution in [3.63, 3.8) is 0 Å². The van der Waals surface area contributed by atoms with Gasteiger partial charge in [-0.05, 0) is 62.8 Å². The fraction of sp³-hybridized carbons (Fsp3) is 0.0769. The quantitative estimate of drug-likeness (QED) is 0.680. The Morgan fingerprint density at radius 2 is 1.59 bits per heavy atom. The van der Waals surface area contributed by atoms with Gasteiger partial charge in [-0.1, -0.05) is 18.2 Å². The van der Waals surface area contributed by atoms with E-state index in [9.17, 15) is 0 Å². The van der Waals surface area contributed by atoms with Crippen molar-refractivity contribution in [2.24, 2.45) is 0 Å². The maximum Gasteiger partial charge on any atom is 0.144 e. The summed E-state index contributed by atoms with van der Waals surface area (Å²) in [7, 11) is 1.65. The first-order valence-electron chi connectivity index (χ1n) is 4.97. The molecular weight excluding hydrogens is 395 g/mol. The molecule has 0 bridgehead atoms. The van der Waals surface area contributed by atoms with E-state index in [-0.39, 0.29) is 0 Å². The maximum absolute atomic E-state index is 5.85. The number of hydrogen-bond donors (Lipinski definition) is 0. The number of halogens is 2. The van der Waals surface area contributed by atoms with Gasteiger partial charge in [0.1, 0.15) is 17.2 Å². The van der Waals surface area contributed by atoms with Crippen LogP contribution in [0.4, 0.5) is 0 Å². The molecule has 0 atom stereocenters. The summed E-state index contributed by atoms with van der Waals surface area (Å²) in [5.41, 5.74) is 0. The van der Waals surface area contributed by atoms with Gasteiger partial charge in [-0.3, -0.25) is 0 Å². The van der Waals surface area contributed by atoms with Crippen LogP contribution in [0.5, 0.6) is 17.2 Å². The SMILES string of the molecule is COc1cccc(Oc2ccccc2Br)c1I. The summed E-state index contributed by atoms with van der Waals surface area (Å²) in [4.78, 5) is 0. The summed E-state index contributed by atoms with van der Waals surface area (Å²) >= 11 is 5.67. The first kappa shape index (κ1) is 12.7. The van der Waals surface area contributed by atoms with Crippen LogP contribution in [0.3, 0.4) is 0 Å². The Labute approximate surface area is 122 Å². The second-order valence-corrected chi connectivity index (χ2v) is 5.24. The highest BCUT2D eigenvalue weighted by Gasteiger charge is 2.09. The molecule has 0 spiro atoms. The minimum Gasteiger partial charge on any atom is -0.496 e. The largest absolute Gasteiger partial charge is 0.496 e. The lowest BCUT2D eigenvalue weighted by Gasteiger charge is -2.11. The Morgan fingerprint density at radius 3 is 2.29 bits per heavy atom. The van der Waals surface area contributed by atoms with Crippen molar-refractivity contribution in [2.45, 2.75) is 0 Å².